The van der Waals surface area contributed by atoms with Crippen LogP contribution in [0.2, 0.25) is 0 Å². The summed E-state index contributed by atoms with van der Waals surface area (Å²) in [5.74, 6) is 1.54. The van der Waals surface area contributed by atoms with Gasteiger partial charge in [0, 0.05) is 26.6 Å². The quantitative estimate of drug-likeness (QED) is 0.706. The zero-order chi connectivity index (χ0) is 13.8. The van der Waals surface area contributed by atoms with Crippen molar-refractivity contribution in [3.63, 3.8) is 0 Å². The molecule has 0 aromatic heterocycles. The highest BCUT2D eigenvalue weighted by Gasteiger charge is 2.41. The number of aliphatic carboxylic acids is 1. The van der Waals surface area contributed by atoms with Gasteiger partial charge in [0.05, 0.1) is 0 Å². The van der Waals surface area contributed by atoms with E-state index in [4.69, 9.17) is 5.11 Å². The molecule has 0 unspecified atom stereocenters. The Kier molecular flexibility index (Phi) is 4.66. The van der Waals surface area contributed by atoms with Gasteiger partial charge in [0.2, 0.25) is 0 Å². The van der Waals surface area contributed by atoms with Crippen LogP contribution in [0.4, 0.5) is 4.79 Å². The van der Waals surface area contributed by atoms with Crippen molar-refractivity contribution in [1.82, 2.24) is 10.2 Å². The number of nitrogens with zero attached hydrogens (tertiary/aromatic N) is 1. The van der Waals surface area contributed by atoms with Crippen molar-refractivity contribution < 1.29 is 14.7 Å². The van der Waals surface area contributed by atoms with Gasteiger partial charge in [-0.25, -0.2) is 4.79 Å². The van der Waals surface area contributed by atoms with E-state index in [1.54, 1.807) is 11.9 Å². The van der Waals surface area contributed by atoms with E-state index in [1.807, 2.05) is 0 Å². The summed E-state index contributed by atoms with van der Waals surface area (Å²) in [6.45, 7) is 1.28. The molecule has 2 rings (SSSR count). The van der Waals surface area contributed by atoms with Crippen LogP contribution in [-0.4, -0.2) is 42.1 Å². The molecule has 0 aliphatic heterocycles. The summed E-state index contributed by atoms with van der Waals surface area (Å²) >= 11 is 0. The third-order valence-electron chi connectivity index (χ3n) is 4.17. The summed E-state index contributed by atoms with van der Waals surface area (Å²) in [6, 6.07) is -0.0725. The van der Waals surface area contributed by atoms with Gasteiger partial charge in [-0.3, -0.25) is 4.79 Å². The second-order valence-electron chi connectivity index (χ2n) is 5.94. The second kappa shape index (κ2) is 6.26. The lowest BCUT2D eigenvalue weighted by atomic mass is 9.98. The molecule has 0 spiro atoms. The fourth-order valence-corrected chi connectivity index (χ4v) is 2.68. The van der Waals surface area contributed by atoms with E-state index in [0.717, 1.165) is 18.4 Å². The summed E-state index contributed by atoms with van der Waals surface area (Å²) in [7, 11) is 1.72. The van der Waals surface area contributed by atoms with Crippen molar-refractivity contribution in [2.75, 3.05) is 20.1 Å². The number of amides is 2. The number of carboxylic acid groups (broad SMARTS) is 1. The molecular weight excluding hydrogens is 244 g/mol. The lowest BCUT2D eigenvalue weighted by Crippen LogP contribution is -2.40. The summed E-state index contributed by atoms with van der Waals surface area (Å²) in [6.07, 6.45) is 5.92. The SMILES string of the molecule is CN(CCCC(=O)O)C(=O)NCC(C1CC1)C1CC1. The molecule has 5 heteroatoms. The largest absolute Gasteiger partial charge is 0.481 e. The number of hydrogen-bond donors (Lipinski definition) is 2. The maximum atomic E-state index is 11.9. The number of carbonyl (C=O) groups excluding carboxylic acids is 1. The third kappa shape index (κ3) is 4.73. The average Bonchev–Trinajstić information content (AvgIpc) is 3.22. The highest BCUT2D eigenvalue weighted by Crippen LogP contribution is 2.48. The monoisotopic (exact) mass is 268 g/mol. The summed E-state index contributed by atoms with van der Waals surface area (Å²) in [5.41, 5.74) is 0. The lowest BCUT2D eigenvalue weighted by Gasteiger charge is -2.21. The molecule has 2 fully saturated rings. The predicted octanol–water partition coefficient (Wildman–Crippen LogP) is 1.93. The fourth-order valence-electron chi connectivity index (χ4n) is 2.68. The van der Waals surface area contributed by atoms with Crippen molar-refractivity contribution >= 4 is 12.0 Å². The maximum Gasteiger partial charge on any atom is 0.317 e. The lowest BCUT2D eigenvalue weighted by molar-refractivity contribution is -0.137. The fraction of sp³-hybridized carbons (Fsp3) is 0.857. The molecule has 0 aromatic carbocycles. The number of carboxylic acids is 1. The van der Waals surface area contributed by atoms with Crippen LogP contribution in [0.1, 0.15) is 38.5 Å². The van der Waals surface area contributed by atoms with Crippen LogP contribution in [-0.2, 0) is 4.79 Å². The number of hydrogen-bond acceptors (Lipinski definition) is 2. The zero-order valence-electron chi connectivity index (χ0n) is 11.6. The van der Waals surface area contributed by atoms with Gasteiger partial charge in [-0.1, -0.05) is 0 Å². The third-order valence-corrected chi connectivity index (χ3v) is 4.17. The van der Waals surface area contributed by atoms with E-state index in [1.165, 1.54) is 25.7 Å². The van der Waals surface area contributed by atoms with Crippen molar-refractivity contribution in [1.29, 1.82) is 0 Å². The molecule has 0 aromatic rings. The first-order chi connectivity index (χ1) is 9.08. The molecule has 2 aliphatic carbocycles. The summed E-state index contributed by atoms with van der Waals surface area (Å²) in [5, 5.41) is 11.6. The van der Waals surface area contributed by atoms with Gasteiger partial charge in [0.1, 0.15) is 0 Å². The van der Waals surface area contributed by atoms with Crippen LogP contribution in [0.5, 0.6) is 0 Å². The number of rotatable bonds is 8. The van der Waals surface area contributed by atoms with E-state index in [9.17, 15) is 9.59 Å². The Labute approximate surface area is 114 Å². The Balaban J connectivity index is 1.63. The molecular formula is C14H24N2O3. The first-order valence-corrected chi connectivity index (χ1v) is 7.28. The molecule has 2 aliphatic rings. The molecule has 108 valence electrons. The van der Waals surface area contributed by atoms with Gasteiger partial charge in [-0.05, 0) is 49.9 Å². The molecule has 5 nitrogen and oxygen atoms in total. The van der Waals surface area contributed by atoms with Gasteiger partial charge in [0.25, 0.3) is 0 Å². The molecule has 2 saturated carbocycles. The Morgan fingerprint density at radius 2 is 1.84 bits per heavy atom. The molecule has 0 bridgehead atoms. The smallest absolute Gasteiger partial charge is 0.317 e. The topological polar surface area (TPSA) is 69.6 Å². The van der Waals surface area contributed by atoms with Gasteiger partial charge in [-0.2, -0.15) is 0 Å². The Morgan fingerprint density at radius 3 is 2.32 bits per heavy atom. The molecule has 0 saturated heterocycles. The van der Waals surface area contributed by atoms with Crippen LogP contribution >= 0.6 is 0 Å². The van der Waals surface area contributed by atoms with E-state index >= 15 is 0 Å². The molecule has 2 N–H and O–H groups in total. The minimum absolute atomic E-state index is 0.0725. The van der Waals surface area contributed by atoms with Crippen molar-refractivity contribution in [2.45, 2.75) is 38.5 Å². The highest BCUT2D eigenvalue weighted by molar-refractivity contribution is 5.74. The van der Waals surface area contributed by atoms with Crippen LogP contribution in [0, 0.1) is 17.8 Å². The molecule has 0 heterocycles. The number of urea groups is 1. The van der Waals surface area contributed by atoms with Gasteiger partial charge in [-0.15, -0.1) is 0 Å². The molecule has 19 heavy (non-hydrogen) atoms. The van der Waals surface area contributed by atoms with Gasteiger partial charge >= 0.3 is 12.0 Å². The predicted molar refractivity (Wildman–Crippen MR) is 71.8 cm³/mol. The second-order valence-corrected chi connectivity index (χ2v) is 5.94. The van der Waals surface area contributed by atoms with Crippen LogP contribution in [0.25, 0.3) is 0 Å². The van der Waals surface area contributed by atoms with E-state index in [-0.39, 0.29) is 12.5 Å². The van der Waals surface area contributed by atoms with E-state index in [2.05, 4.69) is 5.32 Å². The van der Waals surface area contributed by atoms with E-state index < -0.39 is 5.97 Å². The normalized spacial score (nSPS) is 18.4. The van der Waals surface area contributed by atoms with Gasteiger partial charge < -0.3 is 15.3 Å². The minimum atomic E-state index is -0.809. The first-order valence-electron chi connectivity index (χ1n) is 7.28. The summed E-state index contributed by atoms with van der Waals surface area (Å²) < 4.78 is 0. The maximum absolute atomic E-state index is 11.9. The minimum Gasteiger partial charge on any atom is -0.481 e. The Bertz CT molecular complexity index is 326. The molecule has 2 amide bonds. The average molecular weight is 268 g/mol. The zero-order valence-corrected chi connectivity index (χ0v) is 11.6. The molecule has 0 radical (unpaired) electrons. The number of nitrogens with one attached hydrogen (secondary N) is 1. The van der Waals surface area contributed by atoms with Crippen molar-refractivity contribution in [3.8, 4) is 0 Å². The van der Waals surface area contributed by atoms with Crippen molar-refractivity contribution in [2.24, 2.45) is 17.8 Å². The number of carbonyl (C=O) groups is 2. The van der Waals surface area contributed by atoms with Crippen LogP contribution in [0.3, 0.4) is 0 Å². The van der Waals surface area contributed by atoms with Crippen LogP contribution < -0.4 is 5.32 Å². The van der Waals surface area contributed by atoms with Gasteiger partial charge in [0.15, 0.2) is 0 Å². The Morgan fingerprint density at radius 1 is 1.26 bits per heavy atom. The Hall–Kier alpha value is -1.26. The van der Waals surface area contributed by atoms with Crippen molar-refractivity contribution in [3.05, 3.63) is 0 Å². The van der Waals surface area contributed by atoms with E-state index in [0.29, 0.717) is 18.9 Å². The highest BCUT2D eigenvalue weighted by atomic mass is 16.4. The van der Waals surface area contributed by atoms with Crippen LogP contribution in [0.15, 0.2) is 0 Å². The summed E-state index contributed by atoms with van der Waals surface area (Å²) in [4.78, 5) is 23.9. The standard InChI is InChI=1S/C14H24N2O3/c1-16(8-2-3-13(17)18)14(19)15-9-12(10-4-5-10)11-6-7-11/h10-12H,2-9H2,1H3,(H,15,19)(H,17,18). The first kappa shape index (κ1) is 14.2. The molecule has 0 atom stereocenters.